The van der Waals surface area contributed by atoms with E-state index in [1.807, 2.05) is 0 Å². The Bertz CT molecular complexity index is 148. The molecule has 0 saturated heterocycles. The standard InChI is InChI=1S/C4H3Br3O2/c5-1-2(3(6)7)4(8)9/h1H2,(H,8,9). The lowest BCUT2D eigenvalue weighted by Gasteiger charge is -1.93. The molecule has 0 aliphatic rings. The van der Waals surface area contributed by atoms with Crippen LogP contribution in [0.3, 0.4) is 0 Å². The minimum Gasteiger partial charge on any atom is -0.478 e. The van der Waals surface area contributed by atoms with Gasteiger partial charge in [0.1, 0.15) is 0 Å². The van der Waals surface area contributed by atoms with Gasteiger partial charge in [0.2, 0.25) is 0 Å². The number of carboxylic acids is 1. The van der Waals surface area contributed by atoms with Crippen molar-refractivity contribution in [1.82, 2.24) is 0 Å². The normalized spacial score (nSPS) is 8.78. The first-order chi connectivity index (χ1) is 4.09. The van der Waals surface area contributed by atoms with E-state index in [0.717, 1.165) is 0 Å². The van der Waals surface area contributed by atoms with E-state index >= 15 is 0 Å². The van der Waals surface area contributed by atoms with Gasteiger partial charge in [0.15, 0.2) is 0 Å². The van der Waals surface area contributed by atoms with Crippen molar-refractivity contribution in [3.8, 4) is 0 Å². The zero-order chi connectivity index (χ0) is 7.44. The predicted molar refractivity (Wildman–Crippen MR) is 46.3 cm³/mol. The molecule has 0 amide bonds. The van der Waals surface area contributed by atoms with Crippen molar-refractivity contribution >= 4 is 53.8 Å². The summed E-state index contributed by atoms with van der Waals surface area (Å²) in [5.41, 5.74) is 0.273. The Labute approximate surface area is 77.7 Å². The SMILES string of the molecule is O=C(O)C(CBr)=C(Br)Br. The lowest BCUT2D eigenvalue weighted by atomic mass is 10.4. The molecule has 2 nitrogen and oxygen atoms in total. The highest BCUT2D eigenvalue weighted by molar-refractivity contribution is 9.28. The molecule has 0 unspecified atom stereocenters. The Morgan fingerprint density at radius 2 is 1.89 bits per heavy atom. The maximum absolute atomic E-state index is 10.2. The fourth-order valence-corrected chi connectivity index (χ4v) is 2.08. The van der Waals surface area contributed by atoms with Gasteiger partial charge < -0.3 is 5.11 Å². The number of aliphatic carboxylic acids is 1. The summed E-state index contributed by atoms with van der Waals surface area (Å²) < 4.78 is 0.472. The summed E-state index contributed by atoms with van der Waals surface area (Å²) in [5.74, 6) is -0.935. The predicted octanol–water partition coefficient (Wildman–Crippen LogP) is 2.47. The van der Waals surface area contributed by atoms with Gasteiger partial charge in [-0.05, 0) is 31.9 Å². The molecule has 0 aromatic heterocycles. The van der Waals surface area contributed by atoms with Crippen molar-refractivity contribution < 1.29 is 9.90 Å². The van der Waals surface area contributed by atoms with Crippen LogP contribution < -0.4 is 0 Å². The van der Waals surface area contributed by atoms with Crippen molar-refractivity contribution in [2.45, 2.75) is 0 Å². The van der Waals surface area contributed by atoms with Gasteiger partial charge in [-0.15, -0.1) is 0 Å². The molecular weight excluding hydrogens is 320 g/mol. The van der Waals surface area contributed by atoms with Crippen LogP contribution in [0.2, 0.25) is 0 Å². The highest BCUT2D eigenvalue weighted by atomic mass is 79.9. The number of alkyl halides is 1. The zero-order valence-electron chi connectivity index (χ0n) is 4.20. The number of halogens is 3. The van der Waals surface area contributed by atoms with E-state index in [-0.39, 0.29) is 5.57 Å². The fourth-order valence-electron chi connectivity index (χ4n) is 0.188. The molecule has 0 fully saturated rings. The lowest BCUT2D eigenvalue weighted by molar-refractivity contribution is -0.132. The molecule has 0 aromatic carbocycles. The highest BCUT2D eigenvalue weighted by Crippen LogP contribution is 2.20. The third kappa shape index (κ3) is 3.37. The van der Waals surface area contributed by atoms with Gasteiger partial charge in [-0.1, -0.05) is 15.9 Å². The molecular formula is C4H3Br3O2. The van der Waals surface area contributed by atoms with Gasteiger partial charge in [-0.3, -0.25) is 0 Å². The van der Waals surface area contributed by atoms with Crippen LogP contribution in [0.25, 0.3) is 0 Å². The molecule has 0 spiro atoms. The topological polar surface area (TPSA) is 37.3 Å². The van der Waals surface area contributed by atoms with Crippen LogP contribution in [0, 0.1) is 0 Å². The van der Waals surface area contributed by atoms with Crippen molar-refractivity contribution in [1.29, 1.82) is 0 Å². The third-order valence-corrected chi connectivity index (χ3v) is 2.14. The van der Waals surface area contributed by atoms with Crippen LogP contribution in [0.5, 0.6) is 0 Å². The summed E-state index contributed by atoms with van der Waals surface area (Å²) in [4.78, 5) is 10.2. The molecule has 9 heavy (non-hydrogen) atoms. The monoisotopic (exact) mass is 320 g/mol. The van der Waals surface area contributed by atoms with E-state index in [4.69, 9.17) is 5.11 Å². The van der Waals surface area contributed by atoms with E-state index in [2.05, 4.69) is 47.8 Å². The van der Waals surface area contributed by atoms with Crippen molar-refractivity contribution in [3.63, 3.8) is 0 Å². The number of carbonyl (C=O) groups is 1. The molecule has 0 saturated carbocycles. The van der Waals surface area contributed by atoms with Gasteiger partial charge in [0, 0.05) is 5.33 Å². The molecule has 0 radical (unpaired) electrons. The molecule has 52 valence electrons. The van der Waals surface area contributed by atoms with Gasteiger partial charge in [0.25, 0.3) is 0 Å². The maximum Gasteiger partial charge on any atom is 0.334 e. The van der Waals surface area contributed by atoms with Gasteiger partial charge in [-0.25, -0.2) is 4.79 Å². The van der Waals surface area contributed by atoms with Crippen LogP contribution >= 0.6 is 47.8 Å². The van der Waals surface area contributed by atoms with Crippen LogP contribution in [-0.2, 0) is 4.79 Å². The van der Waals surface area contributed by atoms with E-state index in [1.54, 1.807) is 0 Å². The molecule has 0 heterocycles. The van der Waals surface area contributed by atoms with E-state index in [0.29, 0.717) is 8.72 Å². The molecule has 0 bridgehead atoms. The van der Waals surface area contributed by atoms with Crippen molar-refractivity contribution in [2.75, 3.05) is 5.33 Å². The van der Waals surface area contributed by atoms with E-state index in [1.165, 1.54) is 0 Å². The summed E-state index contributed by atoms with van der Waals surface area (Å²) in [5, 5.41) is 8.72. The molecule has 1 N–H and O–H groups in total. The first-order valence-electron chi connectivity index (χ1n) is 1.93. The Hall–Kier alpha value is 0.650. The molecule has 0 aliphatic carbocycles. The second-order valence-electron chi connectivity index (χ2n) is 1.18. The maximum atomic E-state index is 10.2. The first kappa shape index (κ1) is 9.65. The summed E-state index contributed by atoms with van der Waals surface area (Å²) in [6.45, 7) is 0. The molecule has 0 atom stereocenters. The summed E-state index contributed by atoms with van der Waals surface area (Å²) >= 11 is 8.99. The average molecular weight is 323 g/mol. The van der Waals surface area contributed by atoms with Gasteiger partial charge in [0.05, 0.1) is 8.96 Å². The Morgan fingerprint density at radius 3 is 1.89 bits per heavy atom. The number of hydrogen-bond acceptors (Lipinski definition) is 1. The van der Waals surface area contributed by atoms with Crippen LogP contribution in [-0.4, -0.2) is 16.4 Å². The Kier molecular flexibility index (Phi) is 4.79. The molecule has 0 aromatic rings. The van der Waals surface area contributed by atoms with E-state index in [9.17, 15) is 4.79 Å². The Morgan fingerprint density at radius 1 is 1.44 bits per heavy atom. The largest absolute Gasteiger partial charge is 0.478 e. The van der Waals surface area contributed by atoms with Crippen LogP contribution in [0.1, 0.15) is 0 Å². The summed E-state index contributed by atoms with van der Waals surface area (Å²) in [6.07, 6.45) is 0. The van der Waals surface area contributed by atoms with E-state index < -0.39 is 5.97 Å². The second-order valence-corrected chi connectivity index (χ2v) is 4.39. The zero-order valence-corrected chi connectivity index (χ0v) is 8.95. The minimum absolute atomic E-state index is 0.273. The van der Waals surface area contributed by atoms with Crippen molar-refractivity contribution in [3.05, 3.63) is 8.96 Å². The van der Waals surface area contributed by atoms with Gasteiger partial charge >= 0.3 is 5.97 Å². The highest BCUT2D eigenvalue weighted by Gasteiger charge is 2.07. The van der Waals surface area contributed by atoms with Gasteiger partial charge in [-0.2, -0.15) is 0 Å². The quantitative estimate of drug-likeness (QED) is 0.626. The lowest BCUT2D eigenvalue weighted by Crippen LogP contribution is -2.01. The third-order valence-electron chi connectivity index (χ3n) is 0.620. The molecule has 0 aliphatic heterocycles. The molecule has 0 rings (SSSR count). The summed E-state index contributed by atoms with van der Waals surface area (Å²) in [6, 6.07) is 0. The van der Waals surface area contributed by atoms with Crippen LogP contribution in [0.4, 0.5) is 0 Å². The number of carboxylic acid groups (broad SMARTS) is 1. The second kappa shape index (κ2) is 4.46. The first-order valence-corrected chi connectivity index (χ1v) is 4.63. The average Bonchev–Trinajstić information content (AvgIpc) is 1.64. The fraction of sp³-hybridized carbons (Fsp3) is 0.250. The number of rotatable bonds is 2. The number of hydrogen-bond donors (Lipinski definition) is 1. The van der Waals surface area contributed by atoms with Crippen LogP contribution in [0.15, 0.2) is 8.96 Å². The smallest absolute Gasteiger partial charge is 0.334 e. The molecule has 5 heteroatoms. The Balaban J connectivity index is 4.35. The summed E-state index contributed by atoms with van der Waals surface area (Å²) in [7, 11) is 0. The van der Waals surface area contributed by atoms with Crippen molar-refractivity contribution in [2.24, 2.45) is 0 Å². The minimum atomic E-state index is -0.935.